The zero-order valence-electron chi connectivity index (χ0n) is 12.4. The molecule has 0 aliphatic rings. The molecular weight excluding hydrogens is 232 g/mol. The van der Waals surface area contributed by atoms with Crippen LogP contribution in [0.4, 0.5) is 0 Å². The summed E-state index contributed by atoms with van der Waals surface area (Å²) in [7, 11) is 0. The van der Waals surface area contributed by atoms with Gasteiger partial charge in [0.15, 0.2) is 0 Å². The van der Waals surface area contributed by atoms with E-state index in [9.17, 15) is 0 Å². The summed E-state index contributed by atoms with van der Waals surface area (Å²) in [6.45, 7) is 10.7. The molecule has 1 aromatic heterocycles. The number of aryl methyl sites for hydroxylation is 2. The van der Waals surface area contributed by atoms with Gasteiger partial charge in [-0.15, -0.1) is 0 Å². The van der Waals surface area contributed by atoms with Crippen LogP contribution < -0.4 is 5.32 Å². The molecular formula is C17H24N2. The highest BCUT2D eigenvalue weighted by molar-refractivity contribution is 5.44. The van der Waals surface area contributed by atoms with E-state index < -0.39 is 0 Å². The molecule has 1 heterocycles. The summed E-state index contributed by atoms with van der Waals surface area (Å²) in [5.74, 6) is 0.684. The first-order chi connectivity index (χ1) is 9.08. The van der Waals surface area contributed by atoms with E-state index in [1.165, 1.54) is 22.5 Å². The minimum absolute atomic E-state index is 0.684. The van der Waals surface area contributed by atoms with Crippen molar-refractivity contribution in [3.63, 3.8) is 0 Å². The molecule has 1 aromatic carbocycles. The molecule has 0 bridgehead atoms. The molecule has 0 aliphatic heterocycles. The third-order valence-electron chi connectivity index (χ3n) is 3.32. The molecule has 2 heteroatoms. The topological polar surface area (TPSA) is 17.0 Å². The quantitative estimate of drug-likeness (QED) is 0.860. The molecule has 1 N–H and O–H groups in total. The Kier molecular flexibility index (Phi) is 4.43. The van der Waals surface area contributed by atoms with Crippen molar-refractivity contribution >= 4 is 0 Å². The molecule has 2 aromatic rings. The zero-order chi connectivity index (χ0) is 13.8. The van der Waals surface area contributed by atoms with E-state index in [-0.39, 0.29) is 0 Å². The largest absolute Gasteiger partial charge is 0.319 e. The molecule has 0 atom stereocenters. The van der Waals surface area contributed by atoms with Gasteiger partial charge in [0.1, 0.15) is 0 Å². The standard InChI is InChI=1S/C17H24N2/c1-13(2)11-18-12-16-6-5-9-19(16)17-10-14(3)7-8-15(17)4/h5-10,13,18H,11-12H2,1-4H3. The molecule has 0 saturated heterocycles. The maximum Gasteiger partial charge on any atom is 0.0484 e. The summed E-state index contributed by atoms with van der Waals surface area (Å²) in [4.78, 5) is 0. The lowest BCUT2D eigenvalue weighted by molar-refractivity contribution is 0.545. The van der Waals surface area contributed by atoms with E-state index >= 15 is 0 Å². The first-order valence-electron chi connectivity index (χ1n) is 7.02. The minimum Gasteiger partial charge on any atom is -0.319 e. The number of nitrogens with one attached hydrogen (secondary N) is 1. The van der Waals surface area contributed by atoms with Crippen LogP contribution in [0.25, 0.3) is 5.69 Å². The Morgan fingerprint density at radius 3 is 2.68 bits per heavy atom. The van der Waals surface area contributed by atoms with Crippen molar-refractivity contribution in [1.82, 2.24) is 9.88 Å². The van der Waals surface area contributed by atoms with Gasteiger partial charge in [0.05, 0.1) is 0 Å². The predicted molar refractivity (Wildman–Crippen MR) is 81.8 cm³/mol. The van der Waals surface area contributed by atoms with Crippen LogP contribution in [0.1, 0.15) is 30.7 Å². The van der Waals surface area contributed by atoms with Crippen molar-refractivity contribution in [2.45, 2.75) is 34.2 Å². The Morgan fingerprint density at radius 2 is 1.95 bits per heavy atom. The Hall–Kier alpha value is -1.54. The van der Waals surface area contributed by atoms with Crippen LogP contribution in [-0.2, 0) is 6.54 Å². The summed E-state index contributed by atoms with van der Waals surface area (Å²) in [6, 6.07) is 10.9. The van der Waals surface area contributed by atoms with Gasteiger partial charge in [0, 0.05) is 24.1 Å². The highest BCUT2D eigenvalue weighted by Crippen LogP contribution is 2.18. The summed E-state index contributed by atoms with van der Waals surface area (Å²) in [5.41, 5.74) is 5.21. The number of hydrogen-bond donors (Lipinski definition) is 1. The highest BCUT2D eigenvalue weighted by Gasteiger charge is 2.06. The van der Waals surface area contributed by atoms with Crippen LogP contribution in [0.2, 0.25) is 0 Å². The molecule has 0 radical (unpaired) electrons. The van der Waals surface area contributed by atoms with Gasteiger partial charge in [0.2, 0.25) is 0 Å². The van der Waals surface area contributed by atoms with E-state index in [1.54, 1.807) is 0 Å². The van der Waals surface area contributed by atoms with Crippen LogP contribution in [0.15, 0.2) is 36.5 Å². The Morgan fingerprint density at radius 1 is 1.16 bits per heavy atom. The first-order valence-corrected chi connectivity index (χ1v) is 7.02. The van der Waals surface area contributed by atoms with Gasteiger partial charge < -0.3 is 9.88 Å². The predicted octanol–water partition coefficient (Wildman–Crippen LogP) is 3.84. The molecule has 0 spiro atoms. The van der Waals surface area contributed by atoms with Crippen molar-refractivity contribution in [2.75, 3.05) is 6.54 Å². The molecule has 0 aliphatic carbocycles. The lowest BCUT2D eigenvalue weighted by Gasteiger charge is -2.14. The van der Waals surface area contributed by atoms with Crippen LogP contribution >= 0.6 is 0 Å². The lowest BCUT2D eigenvalue weighted by atomic mass is 10.1. The second kappa shape index (κ2) is 6.07. The molecule has 0 amide bonds. The molecule has 2 rings (SSSR count). The van der Waals surface area contributed by atoms with Gasteiger partial charge in [-0.05, 0) is 55.6 Å². The van der Waals surface area contributed by atoms with Crippen molar-refractivity contribution < 1.29 is 0 Å². The monoisotopic (exact) mass is 256 g/mol. The van der Waals surface area contributed by atoms with Crippen LogP contribution in [-0.4, -0.2) is 11.1 Å². The summed E-state index contributed by atoms with van der Waals surface area (Å²) in [6.07, 6.45) is 2.15. The number of benzene rings is 1. The van der Waals surface area contributed by atoms with E-state index in [2.05, 4.69) is 74.1 Å². The Balaban J connectivity index is 2.21. The molecule has 0 fully saturated rings. The molecule has 2 nitrogen and oxygen atoms in total. The summed E-state index contributed by atoms with van der Waals surface area (Å²) >= 11 is 0. The van der Waals surface area contributed by atoms with E-state index in [0.717, 1.165) is 13.1 Å². The van der Waals surface area contributed by atoms with Crippen molar-refractivity contribution in [2.24, 2.45) is 5.92 Å². The van der Waals surface area contributed by atoms with E-state index in [1.807, 2.05) is 0 Å². The van der Waals surface area contributed by atoms with Gasteiger partial charge >= 0.3 is 0 Å². The smallest absolute Gasteiger partial charge is 0.0484 e. The molecule has 0 saturated carbocycles. The fourth-order valence-corrected chi connectivity index (χ4v) is 2.26. The third kappa shape index (κ3) is 3.48. The minimum atomic E-state index is 0.684. The molecule has 0 unspecified atom stereocenters. The number of aromatic nitrogens is 1. The van der Waals surface area contributed by atoms with Gasteiger partial charge in [0.25, 0.3) is 0 Å². The normalized spacial score (nSPS) is 11.2. The average Bonchev–Trinajstić information content (AvgIpc) is 2.80. The van der Waals surface area contributed by atoms with Gasteiger partial charge in [-0.25, -0.2) is 0 Å². The van der Waals surface area contributed by atoms with Crippen molar-refractivity contribution in [3.8, 4) is 5.69 Å². The third-order valence-corrected chi connectivity index (χ3v) is 3.32. The van der Waals surface area contributed by atoms with Crippen molar-refractivity contribution in [1.29, 1.82) is 0 Å². The fraction of sp³-hybridized carbons (Fsp3) is 0.412. The first kappa shape index (κ1) is 13.9. The Bertz CT molecular complexity index is 538. The van der Waals surface area contributed by atoms with Gasteiger partial charge in [-0.2, -0.15) is 0 Å². The SMILES string of the molecule is Cc1ccc(C)c(-n2cccc2CNCC(C)C)c1. The fourth-order valence-electron chi connectivity index (χ4n) is 2.26. The maximum absolute atomic E-state index is 3.51. The van der Waals surface area contributed by atoms with Crippen LogP contribution in [0.5, 0.6) is 0 Å². The summed E-state index contributed by atoms with van der Waals surface area (Å²) in [5, 5.41) is 3.51. The number of nitrogens with zero attached hydrogens (tertiary/aromatic N) is 1. The van der Waals surface area contributed by atoms with Gasteiger partial charge in [-0.1, -0.05) is 26.0 Å². The maximum atomic E-state index is 3.51. The second-order valence-corrected chi connectivity index (χ2v) is 5.68. The number of hydrogen-bond acceptors (Lipinski definition) is 1. The molecule has 19 heavy (non-hydrogen) atoms. The summed E-state index contributed by atoms with van der Waals surface area (Å²) < 4.78 is 2.29. The number of rotatable bonds is 5. The van der Waals surface area contributed by atoms with Crippen LogP contribution in [0, 0.1) is 19.8 Å². The van der Waals surface area contributed by atoms with E-state index in [0.29, 0.717) is 5.92 Å². The molecule has 102 valence electrons. The van der Waals surface area contributed by atoms with Crippen molar-refractivity contribution in [3.05, 3.63) is 53.3 Å². The second-order valence-electron chi connectivity index (χ2n) is 5.68. The van der Waals surface area contributed by atoms with Gasteiger partial charge in [-0.3, -0.25) is 0 Å². The van der Waals surface area contributed by atoms with E-state index in [4.69, 9.17) is 0 Å². The highest BCUT2D eigenvalue weighted by atomic mass is 15.0. The zero-order valence-corrected chi connectivity index (χ0v) is 12.4. The van der Waals surface area contributed by atoms with Crippen LogP contribution in [0.3, 0.4) is 0 Å². The average molecular weight is 256 g/mol. The lowest BCUT2D eigenvalue weighted by Crippen LogP contribution is -2.20. The Labute approximate surface area is 116 Å².